The Kier molecular flexibility index (Phi) is 8.33. The van der Waals surface area contributed by atoms with Crippen LogP contribution >= 0.6 is 70.6 Å². The van der Waals surface area contributed by atoms with Crippen LogP contribution in [0, 0.1) is 0 Å². The Morgan fingerprint density at radius 3 is 1.50 bits per heavy atom. The predicted octanol–water partition coefficient (Wildman–Crippen LogP) is 5.20. The molecule has 4 heterocycles. The number of thioether (sulfide) groups is 2. The summed E-state index contributed by atoms with van der Waals surface area (Å²) >= 11 is 15.5. The van der Waals surface area contributed by atoms with Crippen molar-refractivity contribution in [1.82, 2.24) is 19.8 Å². The summed E-state index contributed by atoms with van der Waals surface area (Å²) in [6.07, 6.45) is 0.000744. The van der Waals surface area contributed by atoms with Crippen molar-refractivity contribution >= 4 is 134 Å². The summed E-state index contributed by atoms with van der Waals surface area (Å²) < 4.78 is 2.42. The van der Waals surface area contributed by atoms with E-state index in [9.17, 15) is 19.2 Å². The van der Waals surface area contributed by atoms with Crippen molar-refractivity contribution < 1.29 is 19.2 Å². The van der Waals surface area contributed by atoms with Crippen LogP contribution in [0.5, 0.6) is 0 Å². The summed E-state index contributed by atoms with van der Waals surface area (Å²) in [5.74, 6) is -1.52. The minimum absolute atomic E-state index is 0.000372. The zero-order valence-electron chi connectivity index (χ0n) is 21.3. The largest absolute Gasteiger partial charge is 0.302 e. The van der Waals surface area contributed by atoms with Crippen molar-refractivity contribution in [1.29, 1.82) is 0 Å². The molecule has 2 aromatic carbocycles. The van der Waals surface area contributed by atoms with Crippen molar-refractivity contribution in [3.63, 3.8) is 0 Å². The number of hydrogen-bond acceptors (Lipinski definition) is 12. The van der Waals surface area contributed by atoms with E-state index in [1.54, 1.807) is 0 Å². The van der Waals surface area contributed by atoms with E-state index in [1.807, 2.05) is 48.5 Å². The molecule has 2 aliphatic rings. The number of anilines is 2. The molecule has 4 amide bonds. The Labute approximate surface area is 265 Å². The first-order valence-electron chi connectivity index (χ1n) is 12.4. The molecule has 0 bridgehead atoms. The smallest absolute Gasteiger partial charge is 0.267 e. The van der Waals surface area contributed by atoms with Gasteiger partial charge >= 0.3 is 0 Å². The number of carbonyl (C=O) groups is 4. The molecule has 42 heavy (non-hydrogen) atoms. The molecule has 0 saturated carbocycles. The molecule has 0 aliphatic carbocycles. The second kappa shape index (κ2) is 12.1. The van der Waals surface area contributed by atoms with Gasteiger partial charge < -0.3 is 10.6 Å². The number of hydrogen-bond donors (Lipinski definition) is 2. The lowest BCUT2D eigenvalue weighted by molar-refractivity contribution is -0.125. The van der Waals surface area contributed by atoms with Gasteiger partial charge in [0, 0.05) is 25.9 Å². The Morgan fingerprint density at radius 2 is 1.10 bits per heavy atom. The van der Waals surface area contributed by atoms with E-state index in [4.69, 9.17) is 24.4 Å². The molecule has 2 saturated heterocycles. The van der Waals surface area contributed by atoms with Crippen LogP contribution in [-0.4, -0.2) is 65.1 Å². The molecule has 10 nitrogen and oxygen atoms in total. The van der Waals surface area contributed by atoms with Crippen LogP contribution in [0.25, 0.3) is 20.4 Å². The molecule has 212 valence electrons. The molecular weight excluding hydrogens is 653 g/mol. The fourth-order valence-electron chi connectivity index (χ4n) is 4.10. The summed E-state index contributed by atoms with van der Waals surface area (Å²) in [7, 11) is 0. The number of carbonyl (C=O) groups excluding carboxylic acids is 4. The number of amides is 4. The first-order valence-corrected chi connectivity index (χ1v) is 16.5. The van der Waals surface area contributed by atoms with Crippen molar-refractivity contribution in [2.75, 3.05) is 23.7 Å². The quantitative estimate of drug-likeness (QED) is 0.191. The molecule has 2 aliphatic heterocycles. The van der Waals surface area contributed by atoms with Gasteiger partial charge in [0.2, 0.25) is 11.8 Å². The van der Waals surface area contributed by atoms with Gasteiger partial charge in [-0.15, -0.1) is 0 Å². The molecule has 2 aromatic heterocycles. The van der Waals surface area contributed by atoms with E-state index in [1.165, 1.54) is 32.5 Å². The maximum absolute atomic E-state index is 13.2. The highest BCUT2D eigenvalue weighted by Gasteiger charge is 2.42. The van der Waals surface area contributed by atoms with Gasteiger partial charge in [-0.05, 0) is 24.3 Å². The van der Waals surface area contributed by atoms with Crippen LogP contribution in [0.15, 0.2) is 58.3 Å². The van der Waals surface area contributed by atoms with E-state index in [0.29, 0.717) is 10.3 Å². The number of rotatable bonds is 8. The lowest BCUT2D eigenvalue weighted by Gasteiger charge is -2.14. The van der Waals surface area contributed by atoms with Crippen LogP contribution in [0.4, 0.5) is 10.3 Å². The second-order valence-corrected chi connectivity index (χ2v) is 14.2. The fraction of sp³-hybridized carbons (Fsp3) is 0.154. The van der Waals surface area contributed by atoms with Crippen molar-refractivity contribution in [3.05, 3.63) is 58.3 Å². The van der Waals surface area contributed by atoms with Crippen molar-refractivity contribution in [3.8, 4) is 0 Å². The second-order valence-electron chi connectivity index (χ2n) is 8.88. The van der Waals surface area contributed by atoms with Gasteiger partial charge in [0.05, 0.1) is 30.2 Å². The van der Waals surface area contributed by atoms with Crippen LogP contribution in [0.2, 0.25) is 0 Å². The molecule has 0 spiro atoms. The van der Waals surface area contributed by atoms with E-state index in [2.05, 4.69) is 20.6 Å². The maximum Gasteiger partial charge on any atom is 0.267 e. The van der Waals surface area contributed by atoms with Crippen molar-refractivity contribution in [2.24, 2.45) is 0 Å². The topological polar surface area (TPSA) is 125 Å². The maximum atomic E-state index is 13.2. The highest BCUT2D eigenvalue weighted by molar-refractivity contribution is 8.29. The average molecular weight is 671 g/mol. The minimum Gasteiger partial charge on any atom is -0.302 e. The van der Waals surface area contributed by atoms with Crippen LogP contribution in [0.3, 0.4) is 0 Å². The highest BCUT2D eigenvalue weighted by Crippen LogP contribution is 2.42. The molecule has 16 heteroatoms. The van der Waals surface area contributed by atoms with Gasteiger partial charge in [-0.25, -0.2) is 9.97 Å². The number of nitrogens with one attached hydrogen (secondary N) is 2. The van der Waals surface area contributed by atoms with E-state index in [0.717, 1.165) is 44.0 Å². The van der Waals surface area contributed by atoms with Gasteiger partial charge in [0.1, 0.15) is 8.64 Å². The van der Waals surface area contributed by atoms with Crippen LogP contribution < -0.4 is 10.6 Å². The van der Waals surface area contributed by atoms with E-state index in [-0.39, 0.29) is 56.2 Å². The first-order chi connectivity index (χ1) is 20.3. The normalized spacial score (nSPS) is 17.2. The highest BCUT2D eigenvalue weighted by atomic mass is 32.2. The summed E-state index contributed by atoms with van der Waals surface area (Å²) in [5.41, 5.74) is 1.58. The van der Waals surface area contributed by atoms with Crippen molar-refractivity contribution in [2.45, 2.75) is 12.8 Å². The Hall–Kier alpha value is -3.28. The number of thiazole rings is 2. The summed E-state index contributed by atoms with van der Waals surface area (Å²) in [6.45, 7) is 0.105. The van der Waals surface area contributed by atoms with Gasteiger partial charge in [-0.2, -0.15) is 0 Å². The van der Waals surface area contributed by atoms with Gasteiger partial charge in [-0.3, -0.25) is 29.0 Å². The Morgan fingerprint density at radius 1 is 0.690 bits per heavy atom. The third-order valence-corrected chi connectivity index (χ3v) is 11.0. The third-order valence-electron chi connectivity index (χ3n) is 6.11. The monoisotopic (exact) mass is 670 g/mol. The van der Waals surface area contributed by atoms with E-state index < -0.39 is 11.8 Å². The molecule has 0 atom stereocenters. The summed E-state index contributed by atoms with van der Waals surface area (Å²) in [4.78, 5) is 63.3. The summed E-state index contributed by atoms with van der Waals surface area (Å²) in [5, 5.41) is 6.48. The SMILES string of the molecule is O=C(CCN1C(=O)C(=C2SC(=S)N(CCC(=O)Nc3nc4ccccc4s3)C2=O)SC1=S)Nc1nc2ccccc2s1. The lowest BCUT2D eigenvalue weighted by Crippen LogP contribution is -2.33. The number of fused-ring (bicyclic) bond motifs is 2. The van der Waals surface area contributed by atoms with Gasteiger partial charge in [0.25, 0.3) is 11.8 Å². The van der Waals surface area contributed by atoms with Gasteiger partial charge in [-0.1, -0.05) is 94.9 Å². The van der Waals surface area contributed by atoms with Crippen LogP contribution in [0.1, 0.15) is 12.8 Å². The minimum atomic E-state index is -0.452. The molecule has 2 N–H and O–H groups in total. The zero-order valence-corrected chi connectivity index (χ0v) is 26.2. The number of nitrogens with zero attached hydrogens (tertiary/aromatic N) is 4. The number of aromatic nitrogens is 2. The molecule has 2 fully saturated rings. The molecule has 4 aromatic rings. The standard InChI is InChI=1S/C26H18N6O4S6/c33-17(29-23-27-13-5-1-3-7-15(13)39-23)9-11-31-21(35)19(41-25(31)37)20-22(36)32(26(38)42-20)12-10-18(34)30-24-28-14-6-2-4-8-16(14)40-24/h1-8H,9-12H2,(H,27,29,33)(H,28,30,34). The van der Waals surface area contributed by atoms with Crippen LogP contribution in [-0.2, 0) is 19.2 Å². The molecule has 0 unspecified atom stereocenters. The Bertz CT molecular complexity index is 1650. The number of thiocarbonyl (C=S) groups is 2. The molecule has 0 radical (unpaired) electrons. The lowest BCUT2D eigenvalue weighted by atomic mass is 10.3. The average Bonchev–Trinajstić information content (AvgIpc) is 3.70. The third kappa shape index (κ3) is 5.95. The predicted molar refractivity (Wildman–Crippen MR) is 177 cm³/mol. The first kappa shape index (κ1) is 28.8. The Balaban J connectivity index is 1.04. The zero-order chi connectivity index (χ0) is 29.4. The molecular formula is C26H18N6O4S6. The van der Waals surface area contributed by atoms with E-state index >= 15 is 0 Å². The summed E-state index contributed by atoms with van der Waals surface area (Å²) in [6, 6.07) is 15.1. The number of para-hydroxylation sites is 2. The fourth-order valence-corrected chi connectivity index (χ4v) is 8.63. The van der Waals surface area contributed by atoms with Gasteiger partial charge in [0.15, 0.2) is 10.3 Å². The molecule has 6 rings (SSSR count). The number of benzene rings is 2.